The lowest BCUT2D eigenvalue weighted by molar-refractivity contribution is -0.147. The minimum atomic E-state index is -4.72. The smallest absolute Gasteiger partial charge is 0.335 e. The summed E-state index contributed by atoms with van der Waals surface area (Å²) in [5.74, 6) is 0. The fourth-order valence-corrected chi connectivity index (χ4v) is 5.21. The first kappa shape index (κ1) is 23.5. The number of benzene rings is 1. The van der Waals surface area contributed by atoms with Crippen LogP contribution in [-0.2, 0) is 10.0 Å². The highest BCUT2D eigenvalue weighted by atomic mass is 35.5. The lowest BCUT2D eigenvalue weighted by atomic mass is 9.92. The first-order chi connectivity index (χ1) is 15.4. The fraction of sp³-hybridized carbons (Fsp3) is 0.364. The van der Waals surface area contributed by atoms with Crippen LogP contribution >= 0.6 is 11.6 Å². The second kappa shape index (κ2) is 8.31. The van der Waals surface area contributed by atoms with Crippen LogP contribution in [0, 0.1) is 18.3 Å². The molecule has 11 heteroatoms. The Labute approximate surface area is 194 Å². The van der Waals surface area contributed by atoms with Gasteiger partial charge in [0.25, 0.3) is 0 Å². The van der Waals surface area contributed by atoms with Crippen molar-refractivity contribution in [1.29, 1.82) is 5.26 Å². The van der Waals surface area contributed by atoms with Crippen molar-refractivity contribution in [2.45, 2.75) is 56.3 Å². The number of hydrogen-bond acceptors (Lipinski definition) is 4. The van der Waals surface area contributed by atoms with Gasteiger partial charge in [-0.15, -0.1) is 0 Å². The number of nitrogens with zero attached hydrogens (tertiary/aromatic N) is 3. The zero-order valence-corrected chi connectivity index (χ0v) is 19.3. The van der Waals surface area contributed by atoms with Crippen LogP contribution in [0.2, 0.25) is 5.02 Å². The van der Waals surface area contributed by atoms with Crippen LogP contribution in [0.15, 0.2) is 35.4 Å². The van der Waals surface area contributed by atoms with E-state index < -0.39 is 27.1 Å². The van der Waals surface area contributed by atoms with Gasteiger partial charge >= 0.3 is 6.18 Å². The van der Waals surface area contributed by atoms with Crippen molar-refractivity contribution in [3.05, 3.63) is 46.6 Å². The first-order valence-corrected chi connectivity index (χ1v) is 12.1. The van der Waals surface area contributed by atoms with E-state index in [1.807, 2.05) is 23.6 Å². The summed E-state index contributed by atoms with van der Waals surface area (Å²) in [5.41, 5.74) is 2.90. The standard InChI is InChI=1S/C22H20ClF3N4O2S/c1-12-8-16-17(10-27)21(30(14-4-3-5-14)20(16)9-18(12)23)19-7-6-15(11-28-19)33(31,32)29-13(2)22(24,25)26/h6-9,11,13-14,29H,3-5H2,1-2H3. The lowest BCUT2D eigenvalue weighted by Gasteiger charge is -2.30. The van der Waals surface area contributed by atoms with E-state index in [0.717, 1.165) is 48.8 Å². The molecule has 3 aromatic rings. The van der Waals surface area contributed by atoms with E-state index >= 15 is 0 Å². The Bertz CT molecular complexity index is 1370. The Morgan fingerprint density at radius 3 is 2.52 bits per heavy atom. The van der Waals surface area contributed by atoms with Gasteiger partial charge in [-0.25, -0.2) is 8.42 Å². The van der Waals surface area contributed by atoms with Crippen molar-refractivity contribution in [2.75, 3.05) is 0 Å². The summed E-state index contributed by atoms with van der Waals surface area (Å²) in [6.45, 7) is 2.57. The monoisotopic (exact) mass is 496 g/mol. The third-order valence-electron chi connectivity index (χ3n) is 5.95. The van der Waals surface area contributed by atoms with Crippen molar-refractivity contribution < 1.29 is 21.6 Å². The van der Waals surface area contributed by atoms with E-state index in [1.54, 1.807) is 4.72 Å². The van der Waals surface area contributed by atoms with E-state index in [0.29, 0.717) is 22.0 Å². The topological polar surface area (TPSA) is 87.8 Å². The van der Waals surface area contributed by atoms with E-state index in [1.165, 1.54) is 12.1 Å². The maximum Gasteiger partial charge on any atom is 0.404 e. The van der Waals surface area contributed by atoms with Crippen molar-refractivity contribution >= 4 is 32.5 Å². The molecule has 1 aliphatic carbocycles. The Morgan fingerprint density at radius 1 is 1.30 bits per heavy atom. The molecule has 0 radical (unpaired) electrons. The molecule has 4 rings (SSSR count). The molecule has 174 valence electrons. The molecule has 0 aliphatic heterocycles. The number of pyridine rings is 1. The molecule has 1 fully saturated rings. The van der Waals surface area contributed by atoms with Gasteiger partial charge in [0.2, 0.25) is 10.0 Å². The lowest BCUT2D eigenvalue weighted by Crippen LogP contribution is -2.42. The molecule has 0 spiro atoms. The number of nitrogens with one attached hydrogen (secondary N) is 1. The van der Waals surface area contributed by atoms with Gasteiger partial charge in [-0.3, -0.25) is 4.98 Å². The zero-order chi connectivity index (χ0) is 24.1. The van der Waals surface area contributed by atoms with Crippen molar-refractivity contribution in [3.63, 3.8) is 0 Å². The number of nitriles is 1. The van der Waals surface area contributed by atoms with Crippen LogP contribution in [0.3, 0.4) is 0 Å². The van der Waals surface area contributed by atoms with Crippen molar-refractivity contribution in [2.24, 2.45) is 0 Å². The van der Waals surface area contributed by atoms with Crippen molar-refractivity contribution in [3.8, 4) is 17.5 Å². The zero-order valence-electron chi connectivity index (χ0n) is 17.7. The minimum Gasteiger partial charge on any atom is -0.335 e. The molecule has 1 saturated carbocycles. The normalized spacial score (nSPS) is 15.9. The van der Waals surface area contributed by atoms with E-state index in [4.69, 9.17) is 11.6 Å². The molecule has 33 heavy (non-hydrogen) atoms. The summed E-state index contributed by atoms with van der Waals surface area (Å²) in [6, 6.07) is 6.39. The number of aryl methyl sites for hydroxylation is 1. The third kappa shape index (κ3) is 4.21. The Morgan fingerprint density at radius 2 is 2.00 bits per heavy atom. The van der Waals surface area contributed by atoms with Gasteiger partial charge in [-0.05, 0) is 62.9 Å². The number of halogens is 4. The van der Waals surface area contributed by atoms with Gasteiger partial charge in [0.05, 0.1) is 22.5 Å². The molecule has 1 N–H and O–H groups in total. The molecular formula is C22H20ClF3N4O2S. The summed E-state index contributed by atoms with van der Waals surface area (Å²) >= 11 is 6.36. The number of alkyl halides is 3. The van der Waals surface area contributed by atoms with Crippen LogP contribution < -0.4 is 4.72 Å². The molecule has 1 atom stereocenters. The molecule has 2 heterocycles. The maximum atomic E-state index is 12.8. The highest BCUT2D eigenvalue weighted by Crippen LogP contribution is 2.43. The number of aromatic nitrogens is 2. The average Bonchev–Trinajstić information content (AvgIpc) is 2.99. The van der Waals surface area contributed by atoms with Crippen LogP contribution in [0.25, 0.3) is 22.3 Å². The number of hydrogen-bond donors (Lipinski definition) is 1. The summed E-state index contributed by atoms with van der Waals surface area (Å²) in [5, 5.41) is 11.2. The number of sulfonamides is 1. The SMILES string of the molecule is Cc1cc2c(C#N)c(-c3ccc(S(=O)(=O)NC(C)C(F)(F)F)cn3)n(C3CCC3)c2cc1Cl. The summed E-state index contributed by atoms with van der Waals surface area (Å²) in [7, 11) is -4.43. The van der Waals surface area contributed by atoms with Gasteiger partial charge < -0.3 is 4.57 Å². The average molecular weight is 497 g/mol. The highest BCUT2D eigenvalue weighted by Gasteiger charge is 2.39. The van der Waals surface area contributed by atoms with Crippen LogP contribution in [-0.4, -0.2) is 30.2 Å². The predicted molar refractivity (Wildman–Crippen MR) is 118 cm³/mol. The molecule has 1 aromatic carbocycles. The summed E-state index contributed by atoms with van der Waals surface area (Å²) in [4.78, 5) is 3.83. The molecule has 2 aromatic heterocycles. The van der Waals surface area contributed by atoms with Gasteiger partial charge in [0, 0.05) is 22.6 Å². The highest BCUT2D eigenvalue weighted by molar-refractivity contribution is 7.89. The summed E-state index contributed by atoms with van der Waals surface area (Å²) < 4.78 is 66.8. The number of fused-ring (bicyclic) bond motifs is 1. The Kier molecular flexibility index (Phi) is 5.93. The molecule has 0 amide bonds. The van der Waals surface area contributed by atoms with Gasteiger partial charge in [-0.2, -0.15) is 23.2 Å². The van der Waals surface area contributed by atoms with Crippen molar-refractivity contribution in [1.82, 2.24) is 14.3 Å². The Balaban J connectivity index is 1.82. The minimum absolute atomic E-state index is 0.142. The van der Waals surface area contributed by atoms with E-state index in [-0.39, 0.29) is 6.04 Å². The molecular weight excluding hydrogens is 477 g/mol. The van der Waals surface area contributed by atoms with E-state index in [9.17, 15) is 26.9 Å². The van der Waals surface area contributed by atoms with Gasteiger partial charge in [0.1, 0.15) is 17.0 Å². The second-order valence-corrected chi connectivity index (χ2v) is 10.3. The number of rotatable bonds is 5. The summed E-state index contributed by atoms with van der Waals surface area (Å²) in [6.07, 6.45) is -0.842. The quantitative estimate of drug-likeness (QED) is 0.506. The predicted octanol–water partition coefficient (Wildman–Crippen LogP) is 5.49. The first-order valence-electron chi connectivity index (χ1n) is 10.2. The van der Waals surface area contributed by atoms with Crippen LogP contribution in [0.1, 0.15) is 43.4 Å². The second-order valence-electron chi connectivity index (χ2n) is 8.17. The third-order valence-corrected chi connectivity index (χ3v) is 7.88. The molecule has 6 nitrogen and oxygen atoms in total. The van der Waals surface area contributed by atoms with Crippen LogP contribution in [0.5, 0.6) is 0 Å². The molecule has 0 bridgehead atoms. The molecule has 1 aliphatic rings. The fourth-order valence-electron chi connectivity index (χ4n) is 3.87. The molecule has 1 unspecified atom stereocenters. The molecule has 0 saturated heterocycles. The van der Waals surface area contributed by atoms with Crippen LogP contribution in [0.4, 0.5) is 13.2 Å². The van der Waals surface area contributed by atoms with Gasteiger partial charge in [-0.1, -0.05) is 11.6 Å². The largest absolute Gasteiger partial charge is 0.404 e. The van der Waals surface area contributed by atoms with E-state index in [2.05, 4.69) is 11.1 Å². The maximum absolute atomic E-state index is 12.8. The Hall–Kier alpha value is -2.61. The van der Waals surface area contributed by atoms with Gasteiger partial charge in [0.15, 0.2) is 0 Å².